The molecule has 1 aromatic carbocycles. The molecule has 7 nitrogen and oxygen atoms in total. The molecule has 0 saturated heterocycles. The molecule has 2 N–H and O–H groups in total. The smallest absolute Gasteiger partial charge is 0.354 e. The van der Waals surface area contributed by atoms with Crippen LogP contribution in [-0.2, 0) is 29.7 Å². The molecule has 4 rings (SSSR count). The van der Waals surface area contributed by atoms with Gasteiger partial charge in [-0.05, 0) is 6.07 Å². The van der Waals surface area contributed by atoms with Crippen molar-refractivity contribution < 1.29 is 9.53 Å². The van der Waals surface area contributed by atoms with E-state index in [1.807, 2.05) is 45.0 Å². The molecular weight excluding hydrogens is 368 g/mol. The quantitative estimate of drug-likeness (QED) is 0.667. The fourth-order valence-electron chi connectivity index (χ4n) is 3.84. The molecule has 7 heteroatoms. The number of benzene rings is 1. The zero-order chi connectivity index (χ0) is 20.8. The van der Waals surface area contributed by atoms with Crippen molar-refractivity contribution in [1.29, 1.82) is 0 Å². The van der Waals surface area contributed by atoms with E-state index in [9.17, 15) is 9.59 Å². The van der Waals surface area contributed by atoms with Crippen LogP contribution < -0.4 is 5.56 Å². The number of para-hydroxylation sites is 1. The summed E-state index contributed by atoms with van der Waals surface area (Å²) in [6.07, 6.45) is 0.707. The molecule has 0 saturated carbocycles. The number of fused-ring (bicyclic) bond motifs is 2. The van der Waals surface area contributed by atoms with E-state index in [2.05, 4.69) is 14.9 Å². The molecule has 0 spiro atoms. The van der Waals surface area contributed by atoms with E-state index in [4.69, 9.17) is 9.72 Å². The van der Waals surface area contributed by atoms with Crippen LogP contribution in [0.15, 0.2) is 29.1 Å². The number of methoxy groups -OCH3 is 1. The molecule has 1 aliphatic rings. The Morgan fingerprint density at radius 2 is 2.00 bits per heavy atom. The summed E-state index contributed by atoms with van der Waals surface area (Å²) in [6, 6.07) is 7.82. The van der Waals surface area contributed by atoms with Crippen LogP contribution in [-0.4, -0.2) is 39.5 Å². The normalized spacial score (nSPS) is 14.8. The van der Waals surface area contributed by atoms with Gasteiger partial charge in [-0.1, -0.05) is 39.0 Å². The van der Waals surface area contributed by atoms with Crippen molar-refractivity contribution >= 4 is 16.9 Å². The second kappa shape index (κ2) is 7.15. The molecule has 2 aromatic heterocycles. The van der Waals surface area contributed by atoms with E-state index in [0.717, 1.165) is 34.5 Å². The fourth-order valence-corrected chi connectivity index (χ4v) is 3.84. The summed E-state index contributed by atoms with van der Waals surface area (Å²) in [7, 11) is 1.38. The summed E-state index contributed by atoms with van der Waals surface area (Å²) in [4.78, 5) is 38.0. The molecule has 0 unspecified atom stereocenters. The standard InChI is InChI=1S/C22H26N4O3/c1-22(2,3)21-24-17-9-10-26(12-15(17)19(27)25-21)11-14-13-7-5-6-8-16(13)23-18(14)20(28)29-4/h5-8,23H,9-12H2,1-4H3,(H,24,25,27). The zero-order valence-corrected chi connectivity index (χ0v) is 17.3. The molecule has 0 amide bonds. The Labute approximate surface area is 169 Å². The first-order valence-corrected chi connectivity index (χ1v) is 9.80. The fraction of sp³-hybridized carbons (Fsp3) is 0.409. The van der Waals surface area contributed by atoms with Crippen molar-refractivity contribution in [3.63, 3.8) is 0 Å². The predicted molar refractivity (Wildman–Crippen MR) is 111 cm³/mol. The summed E-state index contributed by atoms with van der Waals surface area (Å²) in [6.45, 7) is 7.94. The highest BCUT2D eigenvalue weighted by Gasteiger charge is 2.27. The van der Waals surface area contributed by atoms with Gasteiger partial charge in [0.05, 0.1) is 18.4 Å². The SMILES string of the molecule is COC(=O)c1[nH]c2ccccc2c1CN1CCc2nc(C(C)(C)C)[nH]c(=O)c2C1. The lowest BCUT2D eigenvalue weighted by Crippen LogP contribution is -2.37. The number of aromatic nitrogens is 3. The number of hydrogen-bond donors (Lipinski definition) is 2. The lowest BCUT2D eigenvalue weighted by molar-refractivity contribution is 0.0592. The maximum Gasteiger partial charge on any atom is 0.354 e. The number of hydrogen-bond acceptors (Lipinski definition) is 5. The molecule has 3 aromatic rings. The summed E-state index contributed by atoms with van der Waals surface area (Å²) < 4.78 is 4.96. The summed E-state index contributed by atoms with van der Waals surface area (Å²) in [5, 5.41) is 0.994. The molecule has 1 aliphatic heterocycles. The second-order valence-electron chi connectivity index (χ2n) is 8.57. The Bertz CT molecular complexity index is 1140. The van der Waals surface area contributed by atoms with Crippen LogP contribution in [0.2, 0.25) is 0 Å². The monoisotopic (exact) mass is 394 g/mol. The van der Waals surface area contributed by atoms with Crippen molar-refractivity contribution in [2.75, 3.05) is 13.7 Å². The van der Waals surface area contributed by atoms with Crippen LogP contribution in [0, 0.1) is 0 Å². The van der Waals surface area contributed by atoms with Crippen LogP contribution in [0.3, 0.4) is 0 Å². The van der Waals surface area contributed by atoms with Gasteiger partial charge in [0.2, 0.25) is 0 Å². The number of nitrogens with one attached hydrogen (secondary N) is 2. The lowest BCUT2D eigenvalue weighted by atomic mass is 9.95. The second-order valence-corrected chi connectivity index (χ2v) is 8.57. The number of aromatic amines is 2. The summed E-state index contributed by atoms with van der Waals surface area (Å²) >= 11 is 0. The largest absolute Gasteiger partial charge is 0.464 e. The summed E-state index contributed by atoms with van der Waals surface area (Å²) in [5.74, 6) is 0.335. The third kappa shape index (κ3) is 3.58. The van der Waals surface area contributed by atoms with Gasteiger partial charge in [-0.3, -0.25) is 9.69 Å². The molecule has 0 bridgehead atoms. The van der Waals surface area contributed by atoms with Gasteiger partial charge in [-0.25, -0.2) is 9.78 Å². The molecule has 152 valence electrons. The zero-order valence-electron chi connectivity index (χ0n) is 17.3. The van der Waals surface area contributed by atoms with Crippen molar-refractivity contribution in [3.05, 3.63) is 63.0 Å². The topological polar surface area (TPSA) is 91.1 Å². The molecule has 0 fully saturated rings. The molecule has 0 atom stereocenters. The number of H-pyrrole nitrogens is 2. The number of ether oxygens (including phenoxy) is 1. The summed E-state index contributed by atoms with van der Waals surface area (Å²) in [5.41, 5.74) is 3.57. The van der Waals surface area contributed by atoms with Crippen molar-refractivity contribution in [2.45, 2.75) is 45.7 Å². The third-order valence-electron chi connectivity index (χ3n) is 5.44. The van der Waals surface area contributed by atoms with Gasteiger partial charge in [0, 0.05) is 47.9 Å². The minimum absolute atomic E-state index is 0.0725. The minimum Gasteiger partial charge on any atom is -0.464 e. The maximum absolute atomic E-state index is 12.7. The van der Waals surface area contributed by atoms with Gasteiger partial charge < -0.3 is 14.7 Å². The van der Waals surface area contributed by atoms with E-state index in [1.54, 1.807) is 0 Å². The highest BCUT2D eigenvalue weighted by atomic mass is 16.5. The number of esters is 1. The number of carbonyl (C=O) groups excluding carboxylic acids is 1. The van der Waals surface area contributed by atoms with Gasteiger partial charge in [0.1, 0.15) is 11.5 Å². The first kappa shape index (κ1) is 19.4. The van der Waals surface area contributed by atoms with E-state index in [1.165, 1.54) is 7.11 Å². The Hall–Kier alpha value is -2.93. The molecular formula is C22H26N4O3. The van der Waals surface area contributed by atoms with Gasteiger partial charge in [-0.15, -0.1) is 0 Å². The Balaban J connectivity index is 1.67. The lowest BCUT2D eigenvalue weighted by Gasteiger charge is -2.29. The van der Waals surface area contributed by atoms with Crippen LogP contribution in [0.4, 0.5) is 0 Å². The molecule has 3 heterocycles. The van der Waals surface area contributed by atoms with E-state index < -0.39 is 0 Å². The minimum atomic E-state index is -0.386. The van der Waals surface area contributed by atoms with Crippen LogP contribution in [0.1, 0.15) is 53.9 Å². The number of nitrogens with zero attached hydrogens (tertiary/aromatic N) is 2. The van der Waals surface area contributed by atoms with E-state index in [0.29, 0.717) is 30.8 Å². The van der Waals surface area contributed by atoms with Crippen molar-refractivity contribution in [2.24, 2.45) is 0 Å². The van der Waals surface area contributed by atoms with Crippen LogP contribution in [0.5, 0.6) is 0 Å². The first-order valence-electron chi connectivity index (χ1n) is 9.80. The average Bonchev–Trinajstić information content (AvgIpc) is 3.05. The van der Waals surface area contributed by atoms with E-state index in [-0.39, 0.29) is 16.9 Å². The Morgan fingerprint density at radius 1 is 1.24 bits per heavy atom. The van der Waals surface area contributed by atoms with Crippen molar-refractivity contribution in [1.82, 2.24) is 19.9 Å². The Morgan fingerprint density at radius 3 is 2.72 bits per heavy atom. The van der Waals surface area contributed by atoms with E-state index >= 15 is 0 Å². The van der Waals surface area contributed by atoms with Gasteiger partial charge >= 0.3 is 5.97 Å². The number of carbonyl (C=O) groups is 1. The maximum atomic E-state index is 12.7. The highest BCUT2D eigenvalue weighted by Crippen LogP contribution is 2.27. The third-order valence-corrected chi connectivity index (χ3v) is 5.44. The molecule has 0 radical (unpaired) electrons. The number of rotatable bonds is 3. The van der Waals surface area contributed by atoms with Gasteiger partial charge in [-0.2, -0.15) is 0 Å². The predicted octanol–water partition coefficient (Wildman–Crippen LogP) is 2.89. The Kier molecular flexibility index (Phi) is 4.78. The van der Waals surface area contributed by atoms with Gasteiger partial charge in [0.15, 0.2) is 0 Å². The first-order chi connectivity index (χ1) is 13.8. The molecule has 29 heavy (non-hydrogen) atoms. The van der Waals surface area contributed by atoms with Crippen molar-refractivity contribution in [3.8, 4) is 0 Å². The molecule has 0 aliphatic carbocycles. The van der Waals surface area contributed by atoms with Crippen LogP contribution >= 0.6 is 0 Å². The highest BCUT2D eigenvalue weighted by molar-refractivity contribution is 5.98. The average molecular weight is 394 g/mol. The van der Waals surface area contributed by atoms with Crippen LogP contribution in [0.25, 0.3) is 10.9 Å². The van der Waals surface area contributed by atoms with Gasteiger partial charge in [0.25, 0.3) is 5.56 Å².